The molecule has 0 radical (unpaired) electrons. The first-order valence-corrected chi connectivity index (χ1v) is 8.17. The van der Waals surface area contributed by atoms with Gasteiger partial charge in [-0.25, -0.2) is 0 Å². The number of hydrogen-bond donors (Lipinski definition) is 1. The summed E-state index contributed by atoms with van der Waals surface area (Å²) in [5, 5.41) is 10.8. The normalized spacial score (nSPS) is 35.9. The van der Waals surface area contributed by atoms with E-state index < -0.39 is 0 Å². The van der Waals surface area contributed by atoms with Crippen LogP contribution in [0.2, 0.25) is 0 Å². The summed E-state index contributed by atoms with van der Waals surface area (Å²) in [6, 6.07) is 8.62. The van der Waals surface area contributed by atoms with Crippen LogP contribution in [-0.4, -0.2) is 66.4 Å². The molecule has 0 spiro atoms. The number of nitrogens with zero attached hydrogens (tertiary/aromatic N) is 2. The van der Waals surface area contributed by atoms with Crippen LogP contribution in [0.5, 0.6) is 5.75 Å². The Hall–Kier alpha value is -1.10. The number of hydrogen-bond acceptors (Lipinski definition) is 4. The molecule has 1 N–H and O–H groups in total. The molecular formula is C17H24N2O2. The molecule has 4 aliphatic heterocycles. The van der Waals surface area contributed by atoms with Gasteiger partial charge in [-0.05, 0) is 30.4 Å². The van der Waals surface area contributed by atoms with E-state index in [1.807, 2.05) is 12.1 Å². The van der Waals surface area contributed by atoms with Crippen molar-refractivity contribution in [3.63, 3.8) is 0 Å². The molecule has 4 heteroatoms. The van der Waals surface area contributed by atoms with Crippen LogP contribution in [0.25, 0.3) is 0 Å². The summed E-state index contributed by atoms with van der Waals surface area (Å²) in [6.45, 7) is 6.38. The molecule has 3 fully saturated rings. The molecule has 2 bridgehead atoms. The Morgan fingerprint density at radius 1 is 1.19 bits per heavy atom. The molecule has 4 heterocycles. The molecule has 1 aromatic carbocycles. The van der Waals surface area contributed by atoms with Gasteiger partial charge in [0.2, 0.25) is 0 Å². The number of para-hydroxylation sites is 1. The summed E-state index contributed by atoms with van der Waals surface area (Å²) in [7, 11) is 0. The summed E-state index contributed by atoms with van der Waals surface area (Å²) >= 11 is 0. The van der Waals surface area contributed by atoms with E-state index in [1.54, 1.807) is 0 Å². The topological polar surface area (TPSA) is 35.9 Å². The van der Waals surface area contributed by atoms with Crippen LogP contribution in [0.4, 0.5) is 0 Å². The van der Waals surface area contributed by atoms with E-state index in [4.69, 9.17) is 4.74 Å². The lowest BCUT2D eigenvalue weighted by atomic mass is 9.85. The molecule has 0 amide bonds. The van der Waals surface area contributed by atoms with Crippen molar-refractivity contribution in [3.8, 4) is 5.75 Å². The molecule has 3 atom stereocenters. The minimum Gasteiger partial charge on any atom is -0.493 e. The van der Waals surface area contributed by atoms with E-state index in [1.165, 1.54) is 18.7 Å². The van der Waals surface area contributed by atoms with Crippen LogP contribution >= 0.6 is 0 Å². The van der Waals surface area contributed by atoms with Crippen LogP contribution in [0.3, 0.4) is 0 Å². The fourth-order valence-corrected chi connectivity index (χ4v) is 4.13. The quantitative estimate of drug-likeness (QED) is 0.909. The van der Waals surface area contributed by atoms with Gasteiger partial charge in [-0.3, -0.25) is 9.80 Å². The van der Waals surface area contributed by atoms with Crippen LogP contribution in [0.15, 0.2) is 24.3 Å². The van der Waals surface area contributed by atoms with E-state index in [2.05, 4.69) is 21.9 Å². The predicted molar refractivity (Wildman–Crippen MR) is 81.7 cm³/mol. The van der Waals surface area contributed by atoms with E-state index >= 15 is 0 Å². The maximum Gasteiger partial charge on any atom is 0.122 e. The van der Waals surface area contributed by atoms with Crippen molar-refractivity contribution in [1.82, 2.24) is 9.80 Å². The van der Waals surface area contributed by atoms with Crippen LogP contribution in [0, 0.1) is 0 Å². The average Bonchev–Trinajstić information content (AvgIpc) is 2.56. The third kappa shape index (κ3) is 2.56. The summed E-state index contributed by atoms with van der Waals surface area (Å²) in [5.41, 5.74) is 1.28. The zero-order valence-corrected chi connectivity index (χ0v) is 12.4. The van der Waals surface area contributed by atoms with Crippen molar-refractivity contribution in [2.45, 2.75) is 30.9 Å². The highest BCUT2D eigenvalue weighted by Crippen LogP contribution is 2.37. The van der Waals surface area contributed by atoms with Gasteiger partial charge in [0.05, 0.1) is 12.7 Å². The highest BCUT2D eigenvalue weighted by Gasteiger charge is 2.37. The minimum absolute atomic E-state index is 0.232. The number of fused-ring (bicyclic) bond motifs is 4. The highest BCUT2D eigenvalue weighted by molar-refractivity contribution is 5.37. The lowest BCUT2D eigenvalue weighted by molar-refractivity contribution is -0.0507. The molecule has 0 aliphatic carbocycles. The van der Waals surface area contributed by atoms with E-state index in [-0.39, 0.29) is 6.10 Å². The molecular weight excluding hydrogens is 264 g/mol. The molecule has 114 valence electrons. The number of aliphatic hydroxyl groups is 1. The molecule has 1 aromatic rings. The van der Waals surface area contributed by atoms with Gasteiger partial charge in [0.25, 0.3) is 0 Å². The molecule has 5 rings (SSSR count). The Bertz CT molecular complexity index is 499. The maximum atomic E-state index is 10.8. The Labute approximate surface area is 126 Å². The van der Waals surface area contributed by atoms with E-state index in [0.717, 1.165) is 44.8 Å². The highest BCUT2D eigenvalue weighted by atomic mass is 16.5. The SMILES string of the molecule is OC(CC1CCOc2ccccc21)C1CN2CCN1CC2. The second-order valence-corrected chi connectivity index (χ2v) is 6.58. The summed E-state index contributed by atoms with van der Waals surface area (Å²) in [6.07, 6.45) is 1.64. The Kier molecular flexibility index (Phi) is 3.61. The number of aliphatic hydroxyl groups excluding tert-OH is 1. The fraction of sp³-hybridized carbons (Fsp3) is 0.647. The summed E-state index contributed by atoms with van der Waals surface area (Å²) in [5.74, 6) is 1.44. The van der Waals surface area contributed by atoms with Gasteiger partial charge in [-0.2, -0.15) is 0 Å². The van der Waals surface area contributed by atoms with Gasteiger partial charge in [0.1, 0.15) is 5.75 Å². The molecule has 0 aromatic heterocycles. The molecule has 4 aliphatic rings. The number of ether oxygens (including phenoxy) is 1. The second-order valence-electron chi connectivity index (χ2n) is 6.58. The number of benzene rings is 1. The van der Waals surface area contributed by atoms with Crippen molar-refractivity contribution in [2.75, 3.05) is 39.3 Å². The van der Waals surface area contributed by atoms with Crippen molar-refractivity contribution in [2.24, 2.45) is 0 Å². The molecule has 21 heavy (non-hydrogen) atoms. The smallest absolute Gasteiger partial charge is 0.122 e. The van der Waals surface area contributed by atoms with Crippen molar-refractivity contribution in [1.29, 1.82) is 0 Å². The van der Waals surface area contributed by atoms with Crippen LogP contribution in [-0.2, 0) is 0 Å². The predicted octanol–water partition coefficient (Wildman–Crippen LogP) is 1.30. The Morgan fingerprint density at radius 2 is 2.00 bits per heavy atom. The minimum atomic E-state index is -0.232. The molecule has 3 saturated heterocycles. The largest absolute Gasteiger partial charge is 0.493 e. The Balaban J connectivity index is 1.47. The first-order valence-electron chi connectivity index (χ1n) is 8.17. The van der Waals surface area contributed by atoms with Crippen LogP contribution in [0.1, 0.15) is 24.3 Å². The molecule has 3 unspecified atom stereocenters. The van der Waals surface area contributed by atoms with E-state index in [9.17, 15) is 5.11 Å². The van der Waals surface area contributed by atoms with Crippen molar-refractivity contribution < 1.29 is 9.84 Å². The monoisotopic (exact) mass is 288 g/mol. The number of rotatable bonds is 3. The first-order chi connectivity index (χ1) is 10.3. The van der Waals surface area contributed by atoms with Gasteiger partial charge in [-0.15, -0.1) is 0 Å². The Morgan fingerprint density at radius 3 is 2.76 bits per heavy atom. The van der Waals surface area contributed by atoms with Gasteiger partial charge >= 0.3 is 0 Å². The zero-order chi connectivity index (χ0) is 14.2. The third-order valence-corrected chi connectivity index (χ3v) is 5.37. The molecule has 0 saturated carbocycles. The fourth-order valence-electron chi connectivity index (χ4n) is 4.13. The second kappa shape index (κ2) is 5.59. The van der Waals surface area contributed by atoms with Gasteiger partial charge < -0.3 is 9.84 Å². The zero-order valence-electron chi connectivity index (χ0n) is 12.4. The van der Waals surface area contributed by atoms with Gasteiger partial charge in [-0.1, -0.05) is 18.2 Å². The first kappa shape index (κ1) is 13.6. The number of piperazine rings is 3. The van der Waals surface area contributed by atoms with Gasteiger partial charge in [0, 0.05) is 38.8 Å². The van der Waals surface area contributed by atoms with Crippen molar-refractivity contribution in [3.05, 3.63) is 29.8 Å². The standard InChI is InChI=1S/C17H24N2O2/c20-16(15-12-18-6-8-19(15)9-7-18)11-13-5-10-21-17-4-2-1-3-14(13)17/h1-4,13,15-16,20H,5-12H2. The molecule has 4 nitrogen and oxygen atoms in total. The third-order valence-electron chi connectivity index (χ3n) is 5.37. The average molecular weight is 288 g/mol. The maximum absolute atomic E-state index is 10.8. The summed E-state index contributed by atoms with van der Waals surface area (Å²) < 4.78 is 5.73. The van der Waals surface area contributed by atoms with Crippen molar-refractivity contribution >= 4 is 0 Å². The van der Waals surface area contributed by atoms with Gasteiger partial charge in [0.15, 0.2) is 0 Å². The summed E-state index contributed by atoms with van der Waals surface area (Å²) in [4.78, 5) is 4.97. The lowest BCUT2D eigenvalue weighted by Gasteiger charge is -2.49. The van der Waals surface area contributed by atoms with E-state index in [0.29, 0.717) is 12.0 Å². The lowest BCUT2D eigenvalue weighted by Crippen LogP contribution is -2.64. The van der Waals surface area contributed by atoms with Crippen LogP contribution < -0.4 is 4.74 Å².